The summed E-state index contributed by atoms with van der Waals surface area (Å²) in [6.45, 7) is 0.985. The molecule has 0 radical (unpaired) electrons. The average Bonchev–Trinajstić information content (AvgIpc) is 3.30. The maximum atomic E-state index is 14.6. The number of nitrogens with zero attached hydrogens (tertiary/aromatic N) is 3. The Morgan fingerprint density at radius 3 is 2.72 bits per heavy atom. The molecule has 0 unspecified atom stereocenters. The summed E-state index contributed by atoms with van der Waals surface area (Å²) in [6, 6.07) is 7.47. The molecular formula is C27H28F4N6O2. The van der Waals surface area contributed by atoms with Crippen molar-refractivity contribution < 1.29 is 27.1 Å². The van der Waals surface area contributed by atoms with E-state index in [-0.39, 0.29) is 30.3 Å². The molecular weight excluding hydrogens is 516 g/mol. The molecule has 39 heavy (non-hydrogen) atoms. The molecule has 1 aliphatic heterocycles. The normalized spacial score (nSPS) is 17.2. The molecule has 2 atom stereocenters. The van der Waals surface area contributed by atoms with Crippen LogP contribution in [-0.4, -0.2) is 73.2 Å². The van der Waals surface area contributed by atoms with Gasteiger partial charge in [-0.15, -0.1) is 0 Å². The maximum absolute atomic E-state index is 14.6. The molecule has 1 aliphatic rings. The summed E-state index contributed by atoms with van der Waals surface area (Å²) in [6.07, 6.45) is -1.72. The van der Waals surface area contributed by atoms with Crippen molar-refractivity contribution >= 4 is 28.8 Å². The molecule has 1 amide bonds. The molecule has 0 bridgehead atoms. The van der Waals surface area contributed by atoms with Gasteiger partial charge in [0.1, 0.15) is 23.3 Å². The Balaban J connectivity index is 1.62. The number of alkyl halides is 1. The number of rotatable bonds is 7. The third-order valence-electron chi connectivity index (χ3n) is 6.37. The minimum Gasteiger partial charge on any atom is -0.495 e. The number of hydrogen-bond acceptors (Lipinski definition) is 6. The van der Waals surface area contributed by atoms with Crippen molar-refractivity contribution in [1.82, 2.24) is 19.6 Å². The molecule has 2 aromatic heterocycles. The monoisotopic (exact) mass is 544 g/mol. The SMILES string of the molecule is CNC(=O)c1ccc(NCC#Cc2nc3c(N[C@@H]4CCN(C)C[C@@H]4F)cccn3c2C(F)=C(F)F)c(OC)c1. The predicted octanol–water partition coefficient (Wildman–Crippen LogP) is 4.15. The molecule has 12 heteroatoms. The molecule has 3 heterocycles. The minimum atomic E-state index is -2.50. The molecule has 0 spiro atoms. The Morgan fingerprint density at radius 2 is 2.03 bits per heavy atom. The highest BCUT2D eigenvalue weighted by Crippen LogP contribution is 2.30. The number of piperidine rings is 1. The standard InChI is InChI=1S/C27H28F4N6O2/c1-32-27(38)16-8-9-19(22(14-16)39-3)33-11-4-6-20-24(23(29)25(30)31)37-12-5-7-21(26(37)35-20)34-18-10-13-36(2)15-17(18)28/h5,7-9,12,14,17-18,33-34H,10-11,13,15H2,1-3H3,(H,32,38)/t17-,18+/m0/s1. The van der Waals surface area contributed by atoms with Crippen molar-refractivity contribution in [3.8, 4) is 17.6 Å². The van der Waals surface area contributed by atoms with E-state index in [1.807, 2.05) is 11.9 Å². The van der Waals surface area contributed by atoms with Crippen LogP contribution in [0.4, 0.5) is 28.9 Å². The van der Waals surface area contributed by atoms with Gasteiger partial charge in [0.05, 0.1) is 31.1 Å². The Morgan fingerprint density at radius 1 is 1.23 bits per heavy atom. The zero-order valence-electron chi connectivity index (χ0n) is 21.6. The molecule has 1 fully saturated rings. The number of pyridine rings is 1. The number of ether oxygens (including phenoxy) is 1. The average molecular weight is 545 g/mol. The van der Waals surface area contributed by atoms with Gasteiger partial charge in [-0.1, -0.05) is 5.92 Å². The molecule has 4 rings (SSSR count). The number of likely N-dealkylation sites (tertiary alicyclic amines) is 1. The van der Waals surface area contributed by atoms with Gasteiger partial charge in [-0.25, -0.2) is 9.37 Å². The second-order valence-electron chi connectivity index (χ2n) is 8.97. The number of hydrogen-bond donors (Lipinski definition) is 3. The van der Waals surface area contributed by atoms with E-state index in [1.54, 1.807) is 30.3 Å². The van der Waals surface area contributed by atoms with Crippen LogP contribution in [0.3, 0.4) is 0 Å². The first-order chi connectivity index (χ1) is 18.7. The molecule has 1 aromatic carbocycles. The lowest BCUT2D eigenvalue weighted by molar-refractivity contribution is 0.0962. The fourth-order valence-corrected chi connectivity index (χ4v) is 4.38. The second kappa shape index (κ2) is 12.1. The lowest BCUT2D eigenvalue weighted by atomic mass is 10.0. The van der Waals surface area contributed by atoms with Crippen LogP contribution in [-0.2, 0) is 0 Å². The third-order valence-corrected chi connectivity index (χ3v) is 6.37. The van der Waals surface area contributed by atoms with Crippen LogP contribution in [0, 0.1) is 11.8 Å². The summed E-state index contributed by atoms with van der Waals surface area (Å²) in [5, 5.41) is 8.66. The number of methoxy groups -OCH3 is 1. The number of aromatic nitrogens is 2. The second-order valence-corrected chi connectivity index (χ2v) is 8.97. The van der Waals surface area contributed by atoms with Gasteiger partial charge in [0.2, 0.25) is 5.83 Å². The van der Waals surface area contributed by atoms with Crippen LogP contribution >= 0.6 is 0 Å². The first-order valence-corrected chi connectivity index (χ1v) is 12.2. The highest BCUT2D eigenvalue weighted by Gasteiger charge is 2.29. The van der Waals surface area contributed by atoms with Crippen LogP contribution < -0.4 is 20.7 Å². The third kappa shape index (κ3) is 6.09. The summed E-state index contributed by atoms with van der Waals surface area (Å²) < 4.78 is 62.5. The van der Waals surface area contributed by atoms with E-state index >= 15 is 0 Å². The van der Waals surface area contributed by atoms with Gasteiger partial charge in [-0.3, -0.25) is 9.20 Å². The number of fused-ring (bicyclic) bond motifs is 1. The first-order valence-electron chi connectivity index (χ1n) is 12.2. The molecule has 1 saturated heterocycles. The van der Waals surface area contributed by atoms with Gasteiger partial charge in [0, 0.05) is 31.9 Å². The Bertz CT molecular complexity index is 1460. The summed E-state index contributed by atoms with van der Waals surface area (Å²) >= 11 is 0. The van der Waals surface area contributed by atoms with E-state index in [1.165, 1.54) is 24.8 Å². The lowest BCUT2D eigenvalue weighted by Crippen LogP contribution is -2.46. The van der Waals surface area contributed by atoms with Crippen LogP contribution in [0.2, 0.25) is 0 Å². The van der Waals surface area contributed by atoms with Gasteiger partial charge < -0.3 is 25.6 Å². The number of amides is 1. The topological polar surface area (TPSA) is 82.9 Å². The van der Waals surface area contributed by atoms with Crippen LogP contribution in [0.15, 0.2) is 42.6 Å². The Labute approximate surface area is 223 Å². The molecule has 0 saturated carbocycles. The van der Waals surface area contributed by atoms with Crippen molar-refractivity contribution in [2.24, 2.45) is 0 Å². The fourth-order valence-electron chi connectivity index (χ4n) is 4.38. The van der Waals surface area contributed by atoms with E-state index in [4.69, 9.17) is 4.74 Å². The van der Waals surface area contributed by atoms with Crippen LogP contribution in [0.5, 0.6) is 5.75 Å². The first kappa shape index (κ1) is 27.8. The number of imidazole rings is 1. The van der Waals surface area contributed by atoms with E-state index in [0.29, 0.717) is 35.7 Å². The number of benzene rings is 1. The van der Waals surface area contributed by atoms with E-state index < -0.39 is 29.8 Å². The zero-order valence-corrected chi connectivity index (χ0v) is 21.6. The highest BCUT2D eigenvalue weighted by molar-refractivity contribution is 5.95. The Kier molecular flexibility index (Phi) is 8.61. The highest BCUT2D eigenvalue weighted by atomic mass is 19.3. The molecule has 0 aliphatic carbocycles. The molecule has 3 N–H and O–H groups in total. The summed E-state index contributed by atoms with van der Waals surface area (Å²) in [4.78, 5) is 18.1. The molecule has 206 valence electrons. The van der Waals surface area contributed by atoms with Crippen molar-refractivity contribution in [2.45, 2.75) is 18.6 Å². The van der Waals surface area contributed by atoms with E-state index in [0.717, 1.165) is 0 Å². The van der Waals surface area contributed by atoms with Crippen molar-refractivity contribution in [3.05, 3.63) is 59.6 Å². The molecule has 8 nitrogen and oxygen atoms in total. The summed E-state index contributed by atoms with van der Waals surface area (Å²) in [7, 11) is 4.80. The number of anilines is 2. The van der Waals surface area contributed by atoms with Crippen LogP contribution in [0.25, 0.3) is 11.5 Å². The van der Waals surface area contributed by atoms with Gasteiger partial charge >= 0.3 is 6.08 Å². The Hall–Kier alpha value is -4.24. The number of carbonyl (C=O) groups excluding carboxylic acids is 1. The number of nitrogens with one attached hydrogen (secondary N) is 3. The van der Waals surface area contributed by atoms with Gasteiger partial charge in [-0.05, 0) is 49.7 Å². The van der Waals surface area contributed by atoms with Gasteiger partial charge in [0.25, 0.3) is 5.91 Å². The minimum absolute atomic E-state index is 0.0384. The van der Waals surface area contributed by atoms with E-state index in [9.17, 15) is 22.4 Å². The van der Waals surface area contributed by atoms with E-state index in [2.05, 4.69) is 32.8 Å². The summed E-state index contributed by atoms with van der Waals surface area (Å²) in [5.74, 6) is 3.81. The summed E-state index contributed by atoms with van der Waals surface area (Å²) in [5.41, 5.74) is 0.793. The van der Waals surface area contributed by atoms with Gasteiger partial charge in [-0.2, -0.15) is 13.2 Å². The van der Waals surface area contributed by atoms with Crippen molar-refractivity contribution in [3.63, 3.8) is 0 Å². The fraction of sp³-hybridized carbons (Fsp3) is 0.333. The largest absolute Gasteiger partial charge is 0.495 e. The predicted molar refractivity (Wildman–Crippen MR) is 142 cm³/mol. The zero-order chi connectivity index (χ0) is 28.1. The van der Waals surface area contributed by atoms with Gasteiger partial charge in [0.15, 0.2) is 5.65 Å². The maximum Gasteiger partial charge on any atom is 0.308 e. The van der Waals surface area contributed by atoms with Crippen molar-refractivity contribution in [2.75, 3.05) is 51.5 Å². The smallest absolute Gasteiger partial charge is 0.308 e. The number of carbonyl (C=O) groups is 1. The van der Waals surface area contributed by atoms with Crippen molar-refractivity contribution in [1.29, 1.82) is 0 Å². The molecule has 3 aromatic rings. The quantitative estimate of drug-likeness (QED) is 0.306. The number of halogens is 4. The van der Waals surface area contributed by atoms with Crippen LogP contribution in [0.1, 0.15) is 28.2 Å². The lowest BCUT2D eigenvalue weighted by Gasteiger charge is -2.33.